The minimum absolute atomic E-state index is 0.0183. The van der Waals surface area contributed by atoms with Crippen LogP contribution in [0.1, 0.15) is 25.0 Å². The van der Waals surface area contributed by atoms with Crippen molar-refractivity contribution in [2.24, 2.45) is 5.92 Å². The van der Waals surface area contributed by atoms with Gasteiger partial charge in [0.2, 0.25) is 0 Å². The van der Waals surface area contributed by atoms with E-state index in [0.717, 1.165) is 6.07 Å². The lowest BCUT2D eigenvalue weighted by Gasteiger charge is -2.23. The van der Waals surface area contributed by atoms with Gasteiger partial charge >= 0.3 is 12.2 Å². The molecular weight excluding hydrogens is 269 g/mol. The fourth-order valence-corrected chi connectivity index (χ4v) is 2.07. The van der Waals surface area contributed by atoms with Crippen LogP contribution in [0.4, 0.5) is 18.0 Å². The summed E-state index contributed by atoms with van der Waals surface area (Å²) in [6, 6.07) is 4.68. The van der Waals surface area contributed by atoms with Gasteiger partial charge in [0.15, 0.2) is 0 Å². The Morgan fingerprint density at radius 3 is 2.50 bits per heavy atom. The molecule has 0 aliphatic carbocycles. The van der Waals surface area contributed by atoms with Crippen molar-refractivity contribution in [2.45, 2.75) is 20.0 Å². The third-order valence-electron chi connectivity index (χ3n) is 2.88. The Hall–Kier alpha value is -1.98. The molecule has 0 spiro atoms. The van der Waals surface area contributed by atoms with Gasteiger partial charge in [0.1, 0.15) is 0 Å². The quantitative estimate of drug-likeness (QED) is 0.832. The molecule has 6 heteroatoms. The Bertz CT molecular complexity index is 550. The molecule has 1 aliphatic heterocycles. The Morgan fingerprint density at radius 1 is 1.25 bits per heavy atom. The zero-order chi connectivity index (χ0) is 14.9. The molecule has 2 amide bonds. The van der Waals surface area contributed by atoms with Gasteiger partial charge in [0.05, 0.1) is 17.5 Å². The Balaban J connectivity index is 2.43. The second-order valence-electron chi connectivity index (χ2n) is 4.97. The predicted molar refractivity (Wildman–Crippen MR) is 68.5 cm³/mol. The SMILES string of the molecule is CC(C)CN1C(=O)[N]C=C1c1ccccc1C(F)(F)F. The molecule has 0 N–H and O–H groups in total. The molecule has 0 fully saturated rings. The van der Waals surface area contributed by atoms with Gasteiger partial charge in [-0.05, 0) is 12.0 Å². The van der Waals surface area contributed by atoms with Crippen LogP contribution in [0.3, 0.4) is 0 Å². The number of hydrogen-bond acceptors (Lipinski definition) is 1. The second kappa shape index (κ2) is 5.19. The molecule has 107 valence electrons. The first-order valence-electron chi connectivity index (χ1n) is 6.20. The summed E-state index contributed by atoms with van der Waals surface area (Å²) in [7, 11) is 0. The molecule has 2 rings (SSSR count). The summed E-state index contributed by atoms with van der Waals surface area (Å²) < 4.78 is 39.1. The smallest absolute Gasteiger partial charge is 0.290 e. The highest BCUT2D eigenvalue weighted by atomic mass is 19.4. The zero-order valence-electron chi connectivity index (χ0n) is 11.1. The number of alkyl halides is 3. The van der Waals surface area contributed by atoms with Gasteiger partial charge in [-0.3, -0.25) is 4.90 Å². The Labute approximate surface area is 115 Å². The highest BCUT2D eigenvalue weighted by molar-refractivity contribution is 5.92. The van der Waals surface area contributed by atoms with Gasteiger partial charge in [-0.2, -0.15) is 18.5 Å². The van der Waals surface area contributed by atoms with E-state index in [4.69, 9.17) is 0 Å². The molecular formula is C14H14F3N2O. The van der Waals surface area contributed by atoms with Crippen LogP contribution in [-0.4, -0.2) is 17.5 Å². The van der Waals surface area contributed by atoms with Crippen LogP contribution in [0.25, 0.3) is 5.70 Å². The number of rotatable bonds is 3. The summed E-state index contributed by atoms with van der Waals surface area (Å²) >= 11 is 0. The molecule has 3 nitrogen and oxygen atoms in total. The van der Waals surface area contributed by atoms with Gasteiger partial charge in [-0.25, -0.2) is 4.79 Å². The fraction of sp³-hybridized carbons (Fsp3) is 0.357. The largest absolute Gasteiger partial charge is 0.417 e. The molecule has 0 aromatic heterocycles. The highest BCUT2D eigenvalue weighted by Gasteiger charge is 2.37. The lowest BCUT2D eigenvalue weighted by atomic mass is 10.0. The summed E-state index contributed by atoms with van der Waals surface area (Å²) in [4.78, 5) is 13.0. The minimum atomic E-state index is -4.47. The van der Waals surface area contributed by atoms with Crippen LogP contribution >= 0.6 is 0 Å². The van der Waals surface area contributed by atoms with Crippen LogP contribution in [0.15, 0.2) is 30.5 Å². The van der Waals surface area contributed by atoms with E-state index >= 15 is 0 Å². The first kappa shape index (κ1) is 14.4. The average Bonchev–Trinajstić information content (AvgIpc) is 2.69. The summed E-state index contributed by atoms with van der Waals surface area (Å²) in [6.45, 7) is 4.11. The lowest BCUT2D eigenvalue weighted by Crippen LogP contribution is -2.30. The maximum Gasteiger partial charge on any atom is 0.417 e. The number of carbonyl (C=O) groups is 1. The van der Waals surface area contributed by atoms with Crippen molar-refractivity contribution in [1.82, 2.24) is 10.2 Å². The topological polar surface area (TPSA) is 34.4 Å². The second-order valence-corrected chi connectivity index (χ2v) is 4.97. The molecule has 1 aliphatic rings. The van der Waals surface area contributed by atoms with E-state index in [1.54, 1.807) is 0 Å². The Kier molecular flexibility index (Phi) is 3.74. The maximum atomic E-state index is 13.0. The predicted octanol–water partition coefficient (Wildman–Crippen LogP) is 3.70. The van der Waals surface area contributed by atoms with E-state index in [2.05, 4.69) is 5.32 Å². The number of urea groups is 1. The van der Waals surface area contributed by atoms with Crippen molar-refractivity contribution in [1.29, 1.82) is 0 Å². The third kappa shape index (κ3) is 2.79. The van der Waals surface area contributed by atoms with Gasteiger partial charge in [0.25, 0.3) is 0 Å². The van der Waals surface area contributed by atoms with Gasteiger partial charge in [-0.15, -0.1) is 0 Å². The average molecular weight is 283 g/mol. The number of nitrogens with zero attached hydrogens (tertiary/aromatic N) is 2. The van der Waals surface area contributed by atoms with E-state index < -0.39 is 17.8 Å². The third-order valence-corrected chi connectivity index (χ3v) is 2.88. The van der Waals surface area contributed by atoms with Crippen molar-refractivity contribution in [3.63, 3.8) is 0 Å². The molecule has 0 bridgehead atoms. The number of benzene rings is 1. The van der Waals surface area contributed by atoms with Crippen molar-refractivity contribution in [2.75, 3.05) is 6.54 Å². The monoisotopic (exact) mass is 283 g/mol. The molecule has 1 radical (unpaired) electrons. The highest BCUT2D eigenvalue weighted by Crippen LogP contribution is 2.37. The molecule has 1 aromatic rings. The molecule has 0 atom stereocenters. The lowest BCUT2D eigenvalue weighted by molar-refractivity contribution is -0.137. The molecule has 0 unspecified atom stereocenters. The van der Waals surface area contributed by atoms with Crippen molar-refractivity contribution >= 4 is 11.7 Å². The van der Waals surface area contributed by atoms with E-state index in [0.29, 0.717) is 6.54 Å². The molecule has 1 aromatic carbocycles. The summed E-state index contributed by atoms with van der Waals surface area (Å²) in [5.74, 6) is 0.133. The standard InChI is InChI=1S/C14H14F3N2O/c1-9(2)8-19-12(7-18-13(19)20)10-5-3-4-6-11(10)14(15,16)17/h3-7,9H,8H2,1-2H3. The number of carbonyl (C=O) groups excluding carboxylic acids is 1. The van der Waals surface area contributed by atoms with Gasteiger partial charge < -0.3 is 0 Å². The van der Waals surface area contributed by atoms with Crippen LogP contribution in [0, 0.1) is 5.92 Å². The van der Waals surface area contributed by atoms with E-state index in [-0.39, 0.29) is 17.2 Å². The first-order valence-corrected chi connectivity index (χ1v) is 6.20. The fourth-order valence-electron chi connectivity index (χ4n) is 2.07. The van der Waals surface area contributed by atoms with Crippen molar-refractivity contribution in [3.8, 4) is 0 Å². The summed E-state index contributed by atoms with van der Waals surface area (Å²) in [6.07, 6.45) is -3.26. The Morgan fingerprint density at radius 2 is 1.90 bits per heavy atom. The van der Waals surface area contributed by atoms with Gasteiger partial charge in [-0.1, -0.05) is 32.0 Å². The first-order chi connectivity index (χ1) is 9.30. The van der Waals surface area contributed by atoms with E-state index in [9.17, 15) is 18.0 Å². The van der Waals surface area contributed by atoms with Crippen molar-refractivity contribution in [3.05, 3.63) is 41.6 Å². The van der Waals surface area contributed by atoms with E-state index in [1.807, 2.05) is 13.8 Å². The van der Waals surface area contributed by atoms with Crippen LogP contribution in [0.2, 0.25) is 0 Å². The van der Waals surface area contributed by atoms with E-state index in [1.165, 1.54) is 29.3 Å². The van der Waals surface area contributed by atoms with Crippen LogP contribution < -0.4 is 5.32 Å². The van der Waals surface area contributed by atoms with Crippen LogP contribution in [0.5, 0.6) is 0 Å². The molecule has 20 heavy (non-hydrogen) atoms. The normalized spacial score (nSPS) is 15.6. The molecule has 0 saturated carbocycles. The van der Waals surface area contributed by atoms with Gasteiger partial charge in [0, 0.05) is 12.1 Å². The number of amides is 2. The minimum Gasteiger partial charge on any atom is -0.290 e. The molecule has 0 saturated heterocycles. The summed E-state index contributed by atoms with van der Waals surface area (Å²) in [5.41, 5.74) is -0.572. The zero-order valence-corrected chi connectivity index (χ0v) is 11.1. The number of hydrogen-bond donors (Lipinski definition) is 0. The van der Waals surface area contributed by atoms with Crippen molar-refractivity contribution < 1.29 is 18.0 Å². The maximum absolute atomic E-state index is 13.0. The molecule has 1 heterocycles. The summed E-state index contributed by atoms with van der Waals surface area (Å²) in [5, 5.41) is 3.61. The number of halogens is 3. The van der Waals surface area contributed by atoms with Crippen LogP contribution in [-0.2, 0) is 6.18 Å².